The van der Waals surface area contributed by atoms with E-state index in [1.807, 2.05) is 17.5 Å². The van der Waals surface area contributed by atoms with E-state index in [0.717, 1.165) is 4.88 Å². The summed E-state index contributed by atoms with van der Waals surface area (Å²) in [4.78, 5) is 13.0. The number of ether oxygens (including phenoxy) is 1. The van der Waals surface area contributed by atoms with Gasteiger partial charge in [-0.05, 0) is 47.9 Å². The molecule has 0 spiro atoms. The van der Waals surface area contributed by atoms with Gasteiger partial charge in [-0.3, -0.25) is 9.52 Å². The Bertz CT molecular complexity index is 1090. The van der Waals surface area contributed by atoms with Gasteiger partial charge < -0.3 is 10.1 Å². The highest BCUT2D eigenvalue weighted by Crippen LogP contribution is 2.26. The Kier molecular flexibility index (Phi) is 6.13. The van der Waals surface area contributed by atoms with Crippen LogP contribution in [-0.4, -0.2) is 21.4 Å². The number of thiophene rings is 1. The lowest BCUT2D eigenvalue weighted by molar-refractivity contribution is -0.111. The maximum atomic E-state index is 12.7. The predicted molar refractivity (Wildman–Crippen MR) is 112 cm³/mol. The fourth-order valence-electron chi connectivity index (χ4n) is 2.40. The van der Waals surface area contributed by atoms with Gasteiger partial charge in [0.1, 0.15) is 5.75 Å². The van der Waals surface area contributed by atoms with Crippen LogP contribution in [-0.2, 0) is 14.8 Å². The van der Waals surface area contributed by atoms with Gasteiger partial charge in [0.2, 0.25) is 5.91 Å². The molecule has 0 saturated heterocycles. The first-order chi connectivity index (χ1) is 13.5. The third kappa shape index (κ3) is 4.99. The highest BCUT2D eigenvalue weighted by Gasteiger charge is 2.17. The zero-order valence-electron chi connectivity index (χ0n) is 15.0. The summed E-state index contributed by atoms with van der Waals surface area (Å²) in [5.41, 5.74) is 0.710. The van der Waals surface area contributed by atoms with Gasteiger partial charge in [0, 0.05) is 16.6 Å². The van der Waals surface area contributed by atoms with Gasteiger partial charge in [-0.15, -0.1) is 11.3 Å². The molecule has 3 rings (SSSR count). The molecular weight excluding hydrogens is 396 g/mol. The summed E-state index contributed by atoms with van der Waals surface area (Å²) in [5.74, 6) is 0.0647. The lowest BCUT2D eigenvalue weighted by Gasteiger charge is -2.12. The second-order valence-electron chi connectivity index (χ2n) is 5.67. The quantitative estimate of drug-likeness (QED) is 0.567. The van der Waals surface area contributed by atoms with E-state index in [9.17, 15) is 13.2 Å². The number of carbonyl (C=O) groups excluding carboxylic acids is 1. The molecule has 2 aromatic carbocycles. The zero-order valence-corrected chi connectivity index (χ0v) is 16.6. The van der Waals surface area contributed by atoms with Crippen LogP contribution in [0.3, 0.4) is 0 Å². The Balaban J connectivity index is 1.75. The first-order valence-corrected chi connectivity index (χ1v) is 10.6. The van der Waals surface area contributed by atoms with Gasteiger partial charge in [0.05, 0.1) is 17.7 Å². The van der Waals surface area contributed by atoms with Crippen molar-refractivity contribution in [2.45, 2.75) is 4.90 Å². The monoisotopic (exact) mass is 414 g/mol. The van der Waals surface area contributed by atoms with Gasteiger partial charge >= 0.3 is 0 Å². The van der Waals surface area contributed by atoms with Crippen LogP contribution < -0.4 is 14.8 Å². The minimum absolute atomic E-state index is 0.0263. The fraction of sp³-hybridized carbons (Fsp3) is 0.0500. The lowest BCUT2D eigenvalue weighted by Crippen LogP contribution is -2.14. The van der Waals surface area contributed by atoms with E-state index < -0.39 is 10.0 Å². The molecule has 0 aliphatic heterocycles. The van der Waals surface area contributed by atoms with E-state index >= 15 is 0 Å². The number of benzene rings is 2. The van der Waals surface area contributed by atoms with Crippen molar-refractivity contribution >= 4 is 44.7 Å². The van der Waals surface area contributed by atoms with Crippen LogP contribution >= 0.6 is 11.3 Å². The summed E-state index contributed by atoms with van der Waals surface area (Å²) in [7, 11) is -2.38. The summed E-state index contributed by atoms with van der Waals surface area (Å²) in [6, 6.07) is 16.5. The van der Waals surface area contributed by atoms with Crippen molar-refractivity contribution in [1.29, 1.82) is 0 Å². The van der Waals surface area contributed by atoms with Crippen molar-refractivity contribution in [1.82, 2.24) is 0 Å². The van der Waals surface area contributed by atoms with Crippen LogP contribution in [0.15, 0.2) is 77.0 Å². The highest BCUT2D eigenvalue weighted by molar-refractivity contribution is 7.92. The first-order valence-electron chi connectivity index (χ1n) is 8.26. The van der Waals surface area contributed by atoms with Crippen molar-refractivity contribution < 1.29 is 17.9 Å². The number of methoxy groups -OCH3 is 1. The molecule has 0 unspecified atom stereocenters. The minimum Gasteiger partial charge on any atom is -0.495 e. The zero-order chi connectivity index (χ0) is 20.0. The molecule has 3 aromatic rings. The molecule has 1 heterocycles. The molecule has 0 saturated carbocycles. The average molecular weight is 415 g/mol. The molecule has 0 radical (unpaired) electrons. The maximum Gasteiger partial charge on any atom is 0.262 e. The van der Waals surface area contributed by atoms with Crippen LogP contribution in [0.4, 0.5) is 11.4 Å². The Morgan fingerprint density at radius 1 is 1.07 bits per heavy atom. The van der Waals surface area contributed by atoms with Crippen LogP contribution in [0.2, 0.25) is 0 Å². The molecule has 0 aliphatic rings. The van der Waals surface area contributed by atoms with E-state index in [1.54, 1.807) is 42.5 Å². The van der Waals surface area contributed by atoms with Crippen molar-refractivity contribution in [2.75, 3.05) is 17.1 Å². The third-order valence-electron chi connectivity index (χ3n) is 3.71. The Hall–Kier alpha value is -3.10. The van der Waals surface area contributed by atoms with Crippen LogP contribution in [0.5, 0.6) is 5.75 Å². The molecule has 8 heteroatoms. The van der Waals surface area contributed by atoms with E-state index in [-0.39, 0.29) is 10.8 Å². The van der Waals surface area contributed by atoms with Crippen molar-refractivity contribution in [3.63, 3.8) is 0 Å². The van der Waals surface area contributed by atoms with Crippen LogP contribution in [0, 0.1) is 0 Å². The number of hydrogen-bond donors (Lipinski definition) is 2. The summed E-state index contributed by atoms with van der Waals surface area (Å²) < 4.78 is 33.1. The van der Waals surface area contributed by atoms with Gasteiger partial charge in [-0.2, -0.15) is 0 Å². The Labute approximate surface area is 167 Å². The standard InChI is InChI=1S/C20H18N2O4S2/c1-26-19-10-3-2-9-18(19)22-28(24,25)17-8-4-6-15(14-17)21-20(23)12-11-16-7-5-13-27-16/h2-14,22H,1H3,(H,21,23)/b12-11+. The third-order valence-corrected chi connectivity index (χ3v) is 5.91. The SMILES string of the molecule is COc1ccccc1NS(=O)(=O)c1cccc(NC(=O)/C=C/c2cccs2)c1. The molecule has 1 aromatic heterocycles. The second kappa shape index (κ2) is 8.73. The normalized spacial score (nSPS) is 11.3. The summed E-state index contributed by atoms with van der Waals surface area (Å²) >= 11 is 1.52. The van der Waals surface area contributed by atoms with E-state index in [4.69, 9.17) is 4.74 Å². The van der Waals surface area contributed by atoms with Gasteiger partial charge in [-0.1, -0.05) is 24.3 Å². The summed E-state index contributed by atoms with van der Waals surface area (Å²) in [5, 5.41) is 4.58. The number of sulfonamides is 1. The average Bonchev–Trinajstić information content (AvgIpc) is 3.20. The molecule has 0 fully saturated rings. The molecule has 6 nitrogen and oxygen atoms in total. The van der Waals surface area contributed by atoms with Crippen molar-refractivity contribution in [3.8, 4) is 5.75 Å². The van der Waals surface area contributed by atoms with E-state index in [1.165, 1.54) is 36.7 Å². The largest absolute Gasteiger partial charge is 0.495 e. The molecule has 28 heavy (non-hydrogen) atoms. The number of carbonyl (C=O) groups is 1. The van der Waals surface area contributed by atoms with Gasteiger partial charge in [-0.25, -0.2) is 8.42 Å². The van der Waals surface area contributed by atoms with Gasteiger partial charge in [0.25, 0.3) is 10.0 Å². The molecule has 0 atom stereocenters. The number of hydrogen-bond acceptors (Lipinski definition) is 5. The van der Waals surface area contributed by atoms with E-state index in [2.05, 4.69) is 10.0 Å². The predicted octanol–water partition coefficient (Wildman–Crippen LogP) is 4.21. The Morgan fingerprint density at radius 2 is 1.89 bits per heavy atom. The van der Waals surface area contributed by atoms with Crippen LogP contribution in [0.25, 0.3) is 6.08 Å². The molecular formula is C20H18N2O4S2. The van der Waals surface area contributed by atoms with Crippen LogP contribution in [0.1, 0.15) is 4.88 Å². The van der Waals surface area contributed by atoms with Crippen molar-refractivity contribution in [2.24, 2.45) is 0 Å². The smallest absolute Gasteiger partial charge is 0.262 e. The van der Waals surface area contributed by atoms with E-state index in [0.29, 0.717) is 17.1 Å². The van der Waals surface area contributed by atoms with Gasteiger partial charge in [0.15, 0.2) is 0 Å². The number of anilines is 2. The molecule has 0 bridgehead atoms. The molecule has 0 aliphatic carbocycles. The molecule has 1 amide bonds. The lowest BCUT2D eigenvalue weighted by atomic mass is 10.3. The number of rotatable bonds is 7. The minimum atomic E-state index is -3.85. The molecule has 2 N–H and O–H groups in total. The second-order valence-corrected chi connectivity index (χ2v) is 8.33. The first kappa shape index (κ1) is 19.7. The maximum absolute atomic E-state index is 12.7. The van der Waals surface area contributed by atoms with Crippen molar-refractivity contribution in [3.05, 3.63) is 77.0 Å². The topological polar surface area (TPSA) is 84.5 Å². The fourth-order valence-corrected chi connectivity index (χ4v) is 4.14. The molecule has 144 valence electrons. The summed E-state index contributed by atoms with van der Waals surface area (Å²) in [6.45, 7) is 0. The Morgan fingerprint density at radius 3 is 2.64 bits per heavy atom. The number of para-hydroxylation sites is 2. The summed E-state index contributed by atoms with van der Waals surface area (Å²) in [6.07, 6.45) is 3.10. The number of amides is 1. The number of nitrogens with one attached hydrogen (secondary N) is 2. The highest BCUT2D eigenvalue weighted by atomic mass is 32.2.